The van der Waals surface area contributed by atoms with Gasteiger partial charge in [0, 0.05) is 37.8 Å². The minimum absolute atomic E-state index is 0.134. The molecular formula is C23H23N3O5S. The van der Waals surface area contributed by atoms with E-state index in [-0.39, 0.29) is 43.6 Å². The summed E-state index contributed by atoms with van der Waals surface area (Å²) < 4.78 is 39.6. The van der Waals surface area contributed by atoms with Crippen LogP contribution < -0.4 is 9.47 Å². The predicted octanol–water partition coefficient (Wildman–Crippen LogP) is 2.22. The van der Waals surface area contributed by atoms with Gasteiger partial charge in [-0.1, -0.05) is 24.3 Å². The smallest absolute Gasteiger partial charge is 0.267 e. The second kappa shape index (κ2) is 8.07. The van der Waals surface area contributed by atoms with Crippen LogP contribution in [0.3, 0.4) is 0 Å². The van der Waals surface area contributed by atoms with Crippen LogP contribution in [0.1, 0.15) is 5.56 Å². The zero-order valence-corrected chi connectivity index (χ0v) is 18.4. The lowest BCUT2D eigenvalue weighted by molar-refractivity contribution is -0.142. The maximum atomic E-state index is 13.3. The topological polar surface area (TPSA) is 89.0 Å². The Morgan fingerprint density at radius 2 is 1.78 bits per heavy atom. The first-order valence-electron chi connectivity index (χ1n) is 10.5. The number of fused-ring (bicyclic) bond motifs is 2. The van der Waals surface area contributed by atoms with E-state index in [1.165, 1.54) is 4.31 Å². The monoisotopic (exact) mass is 453 g/mol. The molecule has 0 saturated carbocycles. The Kier molecular flexibility index (Phi) is 5.22. The van der Waals surface area contributed by atoms with Crippen LogP contribution in [0.2, 0.25) is 0 Å². The lowest BCUT2D eigenvalue weighted by atomic mass is 10.2. The van der Waals surface area contributed by atoms with Crippen LogP contribution in [0.25, 0.3) is 10.9 Å². The lowest BCUT2D eigenvalue weighted by Crippen LogP contribution is -2.55. The Labute approximate surface area is 186 Å². The summed E-state index contributed by atoms with van der Waals surface area (Å²) in [4.78, 5) is 19.1. The molecule has 1 atom stereocenters. The third kappa shape index (κ3) is 3.67. The van der Waals surface area contributed by atoms with Gasteiger partial charge in [0.1, 0.15) is 11.5 Å². The lowest BCUT2D eigenvalue weighted by Gasteiger charge is -2.36. The standard InChI is InChI=1S/C23H23N3O5S/c1-16-13-17-5-4-8-21(22(17)24-14-16)32(28,29)26-11-9-25(10-12-26)23(27)20-15-30-18-6-2-3-7-19(18)31-20/h2-8,13-14,20H,9-12,15H2,1H3/t20-/m1/s1. The van der Waals surface area contributed by atoms with Crippen LogP contribution in [0.15, 0.2) is 59.6 Å². The van der Waals surface area contributed by atoms with Crippen LogP contribution in [-0.2, 0) is 14.8 Å². The van der Waals surface area contributed by atoms with E-state index in [0.29, 0.717) is 17.0 Å². The highest BCUT2D eigenvalue weighted by atomic mass is 32.2. The number of amides is 1. The molecule has 1 amide bonds. The molecule has 32 heavy (non-hydrogen) atoms. The molecule has 3 aromatic rings. The SMILES string of the molecule is Cc1cnc2c(S(=O)(=O)N3CCN(C(=O)[C@H]4COc5ccccc5O4)CC3)cccc2c1. The summed E-state index contributed by atoms with van der Waals surface area (Å²) in [6.45, 7) is 3.05. The molecule has 0 N–H and O–H groups in total. The second-order valence-electron chi connectivity index (χ2n) is 7.93. The molecule has 2 aromatic carbocycles. The number of hydrogen-bond acceptors (Lipinski definition) is 6. The average molecular weight is 454 g/mol. The van der Waals surface area contributed by atoms with Crippen molar-refractivity contribution >= 4 is 26.8 Å². The molecule has 2 aliphatic heterocycles. The Hall–Kier alpha value is -3.17. The highest BCUT2D eigenvalue weighted by Crippen LogP contribution is 2.31. The number of carbonyl (C=O) groups is 1. The quantitative estimate of drug-likeness (QED) is 0.604. The Morgan fingerprint density at radius 1 is 1.03 bits per heavy atom. The number of sulfonamides is 1. The van der Waals surface area contributed by atoms with Gasteiger partial charge in [-0.25, -0.2) is 8.42 Å². The number of hydrogen-bond donors (Lipinski definition) is 0. The van der Waals surface area contributed by atoms with Crippen molar-refractivity contribution in [2.45, 2.75) is 17.9 Å². The van der Waals surface area contributed by atoms with Crippen LogP contribution in [0.4, 0.5) is 0 Å². The summed E-state index contributed by atoms with van der Waals surface area (Å²) in [5.41, 5.74) is 1.43. The zero-order valence-electron chi connectivity index (χ0n) is 17.6. The summed E-state index contributed by atoms with van der Waals surface area (Å²) in [6.07, 6.45) is 0.932. The van der Waals surface area contributed by atoms with E-state index >= 15 is 0 Å². The summed E-state index contributed by atoms with van der Waals surface area (Å²) in [6, 6.07) is 14.3. The van der Waals surface area contributed by atoms with E-state index in [0.717, 1.165) is 10.9 Å². The van der Waals surface area contributed by atoms with Gasteiger partial charge in [-0.2, -0.15) is 4.31 Å². The van der Waals surface area contributed by atoms with Crippen molar-refractivity contribution in [2.24, 2.45) is 0 Å². The molecule has 166 valence electrons. The molecule has 0 bridgehead atoms. The normalized spacial score (nSPS) is 19.2. The van der Waals surface area contributed by atoms with Gasteiger partial charge in [0.2, 0.25) is 16.1 Å². The van der Waals surface area contributed by atoms with E-state index in [4.69, 9.17) is 9.47 Å². The van der Waals surface area contributed by atoms with E-state index in [2.05, 4.69) is 4.98 Å². The number of aromatic nitrogens is 1. The second-order valence-corrected chi connectivity index (χ2v) is 9.84. The number of carbonyl (C=O) groups excluding carboxylic acids is 1. The number of benzene rings is 2. The predicted molar refractivity (Wildman–Crippen MR) is 118 cm³/mol. The Balaban J connectivity index is 1.29. The minimum atomic E-state index is -3.74. The van der Waals surface area contributed by atoms with Crippen molar-refractivity contribution < 1.29 is 22.7 Å². The van der Waals surface area contributed by atoms with Gasteiger partial charge >= 0.3 is 0 Å². The Morgan fingerprint density at radius 3 is 2.56 bits per heavy atom. The largest absolute Gasteiger partial charge is 0.485 e. The summed E-state index contributed by atoms with van der Waals surface area (Å²) in [5, 5.41) is 0.787. The van der Waals surface area contributed by atoms with Crippen molar-refractivity contribution in [2.75, 3.05) is 32.8 Å². The van der Waals surface area contributed by atoms with Gasteiger partial charge in [-0.3, -0.25) is 9.78 Å². The van der Waals surface area contributed by atoms with Crippen molar-refractivity contribution in [3.05, 3.63) is 60.3 Å². The number of ether oxygens (including phenoxy) is 2. The minimum Gasteiger partial charge on any atom is -0.485 e. The molecule has 1 saturated heterocycles. The van der Waals surface area contributed by atoms with Crippen molar-refractivity contribution in [1.29, 1.82) is 0 Å². The number of para-hydroxylation sites is 3. The number of pyridine rings is 1. The average Bonchev–Trinajstić information content (AvgIpc) is 2.82. The first-order valence-corrected chi connectivity index (χ1v) is 11.9. The maximum Gasteiger partial charge on any atom is 0.267 e. The molecule has 8 nitrogen and oxygen atoms in total. The zero-order chi connectivity index (χ0) is 22.3. The third-order valence-corrected chi connectivity index (χ3v) is 7.69. The van der Waals surface area contributed by atoms with Crippen LogP contribution in [-0.4, -0.2) is 67.4 Å². The van der Waals surface area contributed by atoms with E-state index in [1.54, 1.807) is 35.4 Å². The first-order chi connectivity index (χ1) is 15.4. The molecule has 0 radical (unpaired) electrons. The number of rotatable bonds is 3. The fraction of sp³-hybridized carbons (Fsp3) is 0.304. The summed E-state index contributed by atoms with van der Waals surface area (Å²) >= 11 is 0. The maximum absolute atomic E-state index is 13.3. The Bertz CT molecular complexity index is 1290. The third-order valence-electron chi connectivity index (χ3n) is 5.76. The van der Waals surface area contributed by atoms with Gasteiger partial charge < -0.3 is 14.4 Å². The van der Waals surface area contributed by atoms with E-state index in [1.807, 2.05) is 31.2 Å². The molecule has 0 aliphatic carbocycles. The molecule has 3 heterocycles. The van der Waals surface area contributed by atoms with Gasteiger partial charge in [0.25, 0.3) is 5.91 Å². The van der Waals surface area contributed by atoms with E-state index in [9.17, 15) is 13.2 Å². The van der Waals surface area contributed by atoms with Gasteiger partial charge in [0.05, 0.1) is 5.52 Å². The van der Waals surface area contributed by atoms with Crippen LogP contribution in [0.5, 0.6) is 11.5 Å². The van der Waals surface area contributed by atoms with Gasteiger partial charge in [-0.15, -0.1) is 0 Å². The fourth-order valence-electron chi connectivity index (χ4n) is 4.08. The molecule has 9 heteroatoms. The number of nitrogens with zero attached hydrogens (tertiary/aromatic N) is 3. The molecule has 1 aromatic heterocycles. The number of aryl methyl sites for hydroxylation is 1. The van der Waals surface area contributed by atoms with Crippen molar-refractivity contribution in [3.8, 4) is 11.5 Å². The van der Waals surface area contributed by atoms with Crippen LogP contribution in [0, 0.1) is 6.92 Å². The fourth-order valence-corrected chi connectivity index (χ4v) is 5.67. The summed E-state index contributed by atoms with van der Waals surface area (Å²) in [5.74, 6) is 0.960. The van der Waals surface area contributed by atoms with E-state index < -0.39 is 16.1 Å². The molecule has 0 unspecified atom stereocenters. The number of piperazine rings is 1. The first kappa shape index (κ1) is 20.7. The molecule has 1 fully saturated rings. The molecule has 2 aliphatic rings. The highest BCUT2D eigenvalue weighted by Gasteiger charge is 2.36. The van der Waals surface area contributed by atoms with Crippen molar-refractivity contribution in [3.63, 3.8) is 0 Å². The molecule has 0 spiro atoms. The van der Waals surface area contributed by atoms with Gasteiger partial charge in [0.15, 0.2) is 11.5 Å². The van der Waals surface area contributed by atoms with Gasteiger partial charge in [-0.05, 0) is 36.8 Å². The van der Waals surface area contributed by atoms with Crippen LogP contribution >= 0.6 is 0 Å². The van der Waals surface area contributed by atoms with Crippen molar-refractivity contribution in [1.82, 2.24) is 14.2 Å². The molecule has 5 rings (SSSR count). The molecular weight excluding hydrogens is 430 g/mol. The summed E-state index contributed by atoms with van der Waals surface area (Å²) in [7, 11) is -3.74. The highest BCUT2D eigenvalue weighted by molar-refractivity contribution is 7.89.